The molecule has 0 aliphatic carbocycles. The Labute approximate surface area is 180 Å². The van der Waals surface area contributed by atoms with E-state index in [-0.39, 0.29) is 19.1 Å². The average molecular weight is 444 g/mol. The van der Waals surface area contributed by atoms with Crippen molar-refractivity contribution >= 4 is 0 Å². The summed E-state index contributed by atoms with van der Waals surface area (Å²) in [5, 5.41) is 60.3. The molecule has 6 N–H and O–H groups in total. The number of hydrogen-bond acceptors (Lipinski definition) is 10. The third kappa shape index (κ3) is 5.03. The highest BCUT2D eigenvalue weighted by atomic mass is 16.7. The minimum Gasteiger partial charge on any atom is -0.462 e. The van der Waals surface area contributed by atoms with Crippen molar-refractivity contribution in [2.24, 2.45) is 0 Å². The van der Waals surface area contributed by atoms with Gasteiger partial charge >= 0.3 is 0 Å². The molecule has 2 heterocycles. The van der Waals surface area contributed by atoms with Gasteiger partial charge in [-0.25, -0.2) is 0 Å². The van der Waals surface area contributed by atoms with Gasteiger partial charge in [0.15, 0.2) is 6.29 Å². The summed E-state index contributed by atoms with van der Waals surface area (Å²) in [4.78, 5) is 0. The lowest BCUT2D eigenvalue weighted by Crippen LogP contribution is -2.60. The first-order valence-corrected chi connectivity index (χ1v) is 10.3. The summed E-state index contributed by atoms with van der Waals surface area (Å²) in [7, 11) is 0. The zero-order valence-electron chi connectivity index (χ0n) is 17.8. The zero-order valence-corrected chi connectivity index (χ0v) is 17.8. The van der Waals surface area contributed by atoms with Crippen molar-refractivity contribution in [2.45, 2.75) is 75.4 Å². The third-order valence-electron chi connectivity index (χ3n) is 5.71. The maximum Gasteiger partial charge on any atom is 0.229 e. The Balaban J connectivity index is 1.69. The van der Waals surface area contributed by atoms with Crippen molar-refractivity contribution in [2.75, 3.05) is 19.8 Å². The van der Waals surface area contributed by atoms with Crippen molar-refractivity contribution in [1.29, 1.82) is 0 Å². The molecule has 1 aromatic carbocycles. The lowest BCUT2D eigenvalue weighted by Gasteiger charge is -2.40. The Hall–Kier alpha value is -1.34. The van der Waals surface area contributed by atoms with Crippen LogP contribution in [0.1, 0.15) is 30.9 Å². The lowest BCUT2D eigenvalue weighted by molar-refractivity contribution is -0.289. The van der Waals surface area contributed by atoms with Gasteiger partial charge < -0.3 is 49.6 Å². The van der Waals surface area contributed by atoms with E-state index in [2.05, 4.69) is 0 Å². The standard InChI is InChI=1S/C21H32O10/c1-10(2)12-5-4-11(3)6-13(12)30-19-17(25)16(24)15(23)14(31-19)7-28-20-18(26)21(27,8-22)9-29-20/h4-6,10,14-20,22-27H,7-9H2,1-3H3. The molecule has 0 saturated carbocycles. The molecule has 0 bridgehead atoms. The third-order valence-corrected chi connectivity index (χ3v) is 5.71. The molecule has 0 amide bonds. The number of aliphatic hydroxyl groups excluding tert-OH is 5. The summed E-state index contributed by atoms with van der Waals surface area (Å²) >= 11 is 0. The SMILES string of the molecule is Cc1ccc(C(C)C)c(OC2OC(COC3OCC(O)(CO)C3O)C(O)C(O)C2O)c1. The van der Waals surface area contributed by atoms with Gasteiger partial charge in [-0.15, -0.1) is 0 Å². The minimum atomic E-state index is -1.85. The number of ether oxygens (including phenoxy) is 4. The van der Waals surface area contributed by atoms with Crippen molar-refractivity contribution in [3.63, 3.8) is 0 Å². The van der Waals surface area contributed by atoms with Crippen LogP contribution in [0, 0.1) is 6.92 Å². The van der Waals surface area contributed by atoms with E-state index in [9.17, 15) is 30.6 Å². The van der Waals surface area contributed by atoms with Crippen LogP contribution in [0.4, 0.5) is 0 Å². The molecule has 2 aliphatic rings. The largest absolute Gasteiger partial charge is 0.462 e. The molecule has 31 heavy (non-hydrogen) atoms. The number of hydrogen-bond donors (Lipinski definition) is 6. The quantitative estimate of drug-likeness (QED) is 0.300. The van der Waals surface area contributed by atoms with E-state index >= 15 is 0 Å². The smallest absolute Gasteiger partial charge is 0.229 e. The first-order chi connectivity index (χ1) is 14.6. The molecular weight excluding hydrogens is 412 g/mol. The summed E-state index contributed by atoms with van der Waals surface area (Å²) in [6, 6.07) is 5.65. The molecule has 2 fully saturated rings. The molecule has 0 radical (unpaired) electrons. The number of rotatable bonds is 7. The van der Waals surface area contributed by atoms with Gasteiger partial charge in [-0.05, 0) is 30.0 Å². The monoisotopic (exact) mass is 444 g/mol. The highest BCUT2D eigenvalue weighted by Crippen LogP contribution is 2.32. The number of benzene rings is 1. The van der Waals surface area contributed by atoms with E-state index in [1.807, 2.05) is 32.9 Å². The first kappa shape index (κ1) is 24.3. The van der Waals surface area contributed by atoms with Gasteiger partial charge in [0.25, 0.3) is 0 Å². The number of aliphatic hydroxyl groups is 6. The summed E-state index contributed by atoms with van der Waals surface area (Å²) in [6.07, 6.45) is -9.75. The van der Waals surface area contributed by atoms with Gasteiger partial charge in [0.1, 0.15) is 41.9 Å². The van der Waals surface area contributed by atoms with Crippen LogP contribution in [-0.4, -0.2) is 99.2 Å². The van der Waals surface area contributed by atoms with Crippen molar-refractivity contribution in [3.8, 4) is 5.75 Å². The Morgan fingerprint density at radius 1 is 1.10 bits per heavy atom. The maximum atomic E-state index is 10.4. The Bertz CT molecular complexity index is 743. The van der Waals surface area contributed by atoms with Gasteiger partial charge in [0.05, 0.1) is 19.8 Å². The van der Waals surface area contributed by atoms with E-state index in [0.29, 0.717) is 5.75 Å². The van der Waals surface area contributed by atoms with Crippen molar-refractivity contribution < 1.29 is 49.6 Å². The molecule has 2 aliphatic heterocycles. The Morgan fingerprint density at radius 2 is 1.81 bits per heavy atom. The maximum absolute atomic E-state index is 10.4. The summed E-state index contributed by atoms with van der Waals surface area (Å²) in [5.41, 5.74) is -0.0225. The van der Waals surface area contributed by atoms with Crippen LogP contribution >= 0.6 is 0 Å². The molecule has 8 unspecified atom stereocenters. The molecule has 3 rings (SSSR count). The summed E-state index contributed by atoms with van der Waals surface area (Å²) in [6.45, 7) is 4.49. The van der Waals surface area contributed by atoms with Gasteiger partial charge in [0, 0.05) is 0 Å². The van der Waals surface area contributed by atoms with Crippen molar-refractivity contribution in [3.05, 3.63) is 29.3 Å². The molecule has 176 valence electrons. The fraction of sp³-hybridized carbons (Fsp3) is 0.714. The van der Waals surface area contributed by atoms with Crippen LogP contribution in [0.5, 0.6) is 5.75 Å². The fourth-order valence-electron chi connectivity index (χ4n) is 3.62. The van der Waals surface area contributed by atoms with Crippen LogP contribution in [0.15, 0.2) is 18.2 Å². The van der Waals surface area contributed by atoms with E-state index in [1.54, 1.807) is 6.07 Å². The second kappa shape index (κ2) is 9.65. The van der Waals surface area contributed by atoms with Crippen LogP contribution in [0.3, 0.4) is 0 Å². The van der Waals surface area contributed by atoms with Gasteiger partial charge in [-0.1, -0.05) is 26.0 Å². The predicted molar refractivity (Wildman–Crippen MR) is 106 cm³/mol. The number of aryl methyl sites for hydroxylation is 1. The van der Waals surface area contributed by atoms with E-state index in [1.165, 1.54) is 0 Å². The van der Waals surface area contributed by atoms with Crippen LogP contribution in [0.2, 0.25) is 0 Å². The molecule has 10 nitrogen and oxygen atoms in total. The van der Waals surface area contributed by atoms with Gasteiger partial charge in [-0.3, -0.25) is 0 Å². The molecular formula is C21H32O10. The van der Waals surface area contributed by atoms with E-state index in [4.69, 9.17) is 18.9 Å². The van der Waals surface area contributed by atoms with E-state index in [0.717, 1.165) is 11.1 Å². The summed E-state index contributed by atoms with van der Waals surface area (Å²) < 4.78 is 22.1. The van der Waals surface area contributed by atoms with Crippen LogP contribution in [0.25, 0.3) is 0 Å². The second-order valence-corrected chi connectivity index (χ2v) is 8.55. The second-order valence-electron chi connectivity index (χ2n) is 8.55. The summed E-state index contributed by atoms with van der Waals surface area (Å²) in [5.74, 6) is 0.627. The molecule has 2 saturated heterocycles. The Morgan fingerprint density at radius 3 is 2.42 bits per heavy atom. The molecule has 1 aromatic rings. The van der Waals surface area contributed by atoms with Crippen molar-refractivity contribution in [1.82, 2.24) is 0 Å². The zero-order chi connectivity index (χ0) is 22.9. The average Bonchev–Trinajstić information content (AvgIpc) is 3.02. The molecule has 0 spiro atoms. The van der Waals surface area contributed by atoms with E-state index < -0.39 is 55.3 Å². The fourth-order valence-corrected chi connectivity index (χ4v) is 3.62. The van der Waals surface area contributed by atoms with Crippen LogP contribution in [-0.2, 0) is 14.2 Å². The highest BCUT2D eigenvalue weighted by Gasteiger charge is 2.50. The van der Waals surface area contributed by atoms with Crippen LogP contribution < -0.4 is 4.74 Å². The minimum absolute atomic E-state index is 0.136. The lowest BCUT2D eigenvalue weighted by atomic mass is 9.98. The molecule has 0 aromatic heterocycles. The predicted octanol–water partition coefficient (Wildman–Crippen LogP) is -1.24. The Kier molecular flexibility index (Phi) is 7.57. The molecule has 8 atom stereocenters. The normalized spacial score (nSPS) is 38.6. The van der Waals surface area contributed by atoms with Gasteiger partial charge in [-0.2, -0.15) is 0 Å². The topological polar surface area (TPSA) is 158 Å². The first-order valence-electron chi connectivity index (χ1n) is 10.3. The van der Waals surface area contributed by atoms with Gasteiger partial charge in [0.2, 0.25) is 6.29 Å². The highest BCUT2D eigenvalue weighted by molar-refractivity contribution is 5.39. The molecule has 10 heteroatoms.